The molecule has 0 bridgehead atoms. The van der Waals surface area contributed by atoms with Gasteiger partial charge in [0.1, 0.15) is 5.76 Å². The van der Waals surface area contributed by atoms with Gasteiger partial charge in [0, 0.05) is 19.2 Å². The largest absolute Gasteiger partial charge is 0.396 e. The van der Waals surface area contributed by atoms with E-state index in [1.165, 1.54) is 12.8 Å². The minimum atomic E-state index is -0.200. The summed E-state index contributed by atoms with van der Waals surface area (Å²) in [6, 6.07) is 1.62. The summed E-state index contributed by atoms with van der Waals surface area (Å²) in [5.41, 5.74) is 0.323. The summed E-state index contributed by atoms with van der Waals surface area (Å²) in [7, 11) is 0. The molecule has 0 radical (unpaired) electrons. The number of carbonyl (C=O) groups excluding carboxylic acids is 1. The third kappa shape index (κ3) is 3.10. The van der Waals surface area contributed by atoms with Gasteiger partial charge in [0.2, 0.25) is 0 Å². The zero-order valence-corrected chi connectivity index (χ0v) is 10.7. The van der Waals surface area contributed by atoms with Crippen molar-refractivity contribution >= 4 is 5.91 Å². The van der Waals surface area contributed by atoms with Crippen LogP contribution in [0.2, 0.25) is 0 Å². The maximum absolute atomic E-state index is 11.8. The van der Waals surface area contributed by atoms with E-state index in [1.54, 1.807) is 13.0 Å². The Hall–Kier alpha value is -1.36. The number of nitrogens with one attached hydrogen (secondary N) is 1. The van der Waals surface area contributed by atoms with Gasteiger partial charge in [0.15, 0.2) is 5.69 Å². The molecule has 0 aromatic carbocycles. The summed E-state index contributed by atoms with van der Waals surface area (Å²) in [5.74, 6) is 1.12. The van der Waals surface area contributed by atoms with E-state index in [9.17, 15) is 9.90 Å². The number of carbonyl (C=O) groups is 1. The van der Waals surface area contributed by atoms with Crippen molar-refractivity contribution in [2.75, 3.05) is 13.2 Å². The third-order valence-corrected chi connectivity index (χ3v) is 3.69. The van der Waals surface area contributed by atoms with Crippen LogP contribution in [0, 0.1) is 18.8 Å². The van der Waals surface area contributed by atoms with Crippen molar-refractivity contribution in [2.24, 2.45) is 11.8 Å². The van der Waals surface area contributed by atoms with Crippen LogP contribution >= 0.6 is 0 Å². The number of hydrogen-bond acceptors (Lipinski definition) is 4. The molecule has 1 aromatic heterocycles. The number of aryl methyl sites for hydroxylation is 1. The molecule has 2 N–H and O–H groups in total. The van der Waals surface area contributed by atoms with Crippen LogP contribution in [0.3, 0.4) is 0 Å². The Kier molecular flexibility index (Phi) is 4.36. The van der Waals surface area contributed by atoms with E-state index in [-0.39, 0.29) is 12.5 Å². The van der Waals surface area contributed by atoms with E-state index in [0.29, 0.717) is 29.8 Å². The molecule has 2 unspecified atom stereocenters. The van der Waals surface area contributed by atoms with Gasteiger partial charge >= 0.3 is 0 Å². The van der Waals surface area contributed by atoms with Gasteiger partial charge in [-0.05, 0) is 31.6 Å². The number of aliphatic hydroxyl groups is 1. The van der Waals surface area contributed by atoms with Crippen LogP contribution in [0.5, 0.6) is 0 Å². The van der Waals surface area contributed by atoms with E-state index >= 15 is 0 Å². The first-order chi connectivity index (χ1) is 8.70. The predicted molar refractivity (Wildman–Crippen MR) is 66.1 cm³/mol. The minimum absolute atomic E-state index is 0.200. The topological polar surface area (TPSA) is 75.4 Å². The molecule has 1 amide bonds. The van der Waals surface area contributed by atoms with Crippen molar-refractivity contribution in [1.29, 1.82) is 0 Å². The van der Waals surface area contributed by atoms with Crippen molar-refractivity contribution in [3.8, 4) is 0 Å². The van der Waals surface area contributed by atoms with Gasteiger partial charge in [0.05, 0.1) is 0 Å². The fourth-order valence-corrected chi connectivity index (χ4v) is 2.58. The maximum Gasteiger partial charge on any atom is 0.273 e. The second kappa shape index (κ2) is 6.00. The molecule has 5 nitrogen and oxygen atoms in total. The normalized spacial score (nSPS) is 23.9. The summed E-state index contributed by atoms with van der Waals surface area (Å²) in [4.78, 5) is 11.8. The predicted octanol–water partition coefficient (Wildman–Crippen LogP) is 1.51. The van der Waals surface area contributed by atoms with E-state index in [2.05, 4.69) is 10.5 Å². The van der Waals surface area contributed by atoms with Crippen molar-refractivity contribution in [1.82, 2.24) is 10.5 Å². The Morgan fingerprint density at radius 2 is 2.22 bits per heavy atom. The second-order valence-electron chi connectivity index (χ2n) is 5.02. The molecule has 1 aromatic rings. The Morgan fingerprint density at radius 1 is 1.50 bits per heavy atom. The number of nitrogens with zero attached hydrogens (tertiary/aromatic N) is 1. The average Bonchev–Trinajstić information content (AvgIpc) is 2.83. The van der Waals surface area contributed by atoms with Gasteiger partial charge < -0.3 is 14.9 Å². The number of hydrogen-bond donors (Lipinski definition) is 2. The van der Waals surface area contributed by atoms with E-state index < -0.39 is 0 Å². The van der Waals surface area contributed by atoms with E-state index in [0.717, 1.165) is 12.8 Å². The van der Waals surface area contributed by atoms with Crippen molar-refractivity contribution < 1.29 is 14.4 Å². The standard InChI is InChI=1S/C13H20N2O3/c1-9-6-12(15-18-9)13(17)14-7-10-4-2-3-5-11(10)8-16/h6,10-11,16H,2-5,7-8H2,1H3,(H,14,17). The molecular weight excluding hydrogens is 232 g/mol. The Labute approximate surface area is 107 Å². The van der Waals surface area contributed by atoms with Crippen molar-refractivity contribution in [3.63, 3.8) is 0 Å². The summed E-state index contributed by atoms with van der Waals surface area (Å²) < 4.78 is 4.87. The fraction of sp³-hybridized carbons (Fsp3) is 0.692. The smallest absolute Gasteiger partial charge is 0.273 e. The summed E-state index contributed by atoms with van der Waals surface area (Å²) >= 11 is 0. The fourth-order valence-electron chi connectivity index (χ4n) is 2.58. The highest BCUT2D eigenvalue weighted by Crippen LogP contribution is 2.29. The van der Waals surface area contributed by atoms with Gasteiger partial charge in [-0.25, -0.2) is 0 Å². The minimum Gasteiger partial charge on any atom is -0.396 e. The molecule has 1 saturated carbocycles. The van der Waals surface area contributed by atoms with Gasteiger partial charge in [0.25, 0.3) is 5.91 Å². The monoisotopic (exact) mass is 252 g/mol. The van der Waals surface area contributed by atoms with E-state index in [4.69, 9.17) is 4.52 Å². The highest BCUT2D eigenvalue weighted by atomic mass is 16.5. The molecule has 1 heterocycles. The molecule has 0 saturated heterocycles. The Balaban J connectivity index is 1.85. The van der Waals surface area contributed by atoms with Gasteiger partial charge in [-0.15, -0.1) is 0 Å². The molecule has 18 heavy (non-hydrogen) atoms. The first-order valence-corrected chi connectivity index (χ1v) is 6.53. The molecule has 5 heteroatoms. The van der Waals surface area contributed by atoms with Gasteiger partial charge in [-0.3, -0.25) is 4.79 Å². The number of amides is 1. The molecule has 0 spiro atoms. The molecule has 1 fully saturated rings. The molecular formula is C13H20N2O3. The lowest BCUT2D eigenvalue weighted by Gasteiger charge is -2.30. The van der Waals surface area contributed by atoms with Crippen molar-refractivity contribution in [3.05, 3.63) is 17.5 Å². The van der Waals surface area contributed by atoms with Crippen LogP contribution in [-0.2, 0) is 0 Å². The zero-order valence-electron chi connectivity index (χ0n) is 10.7. The Bertz CT molecular complexity index is 403. The van der Waals surface area contributed by atoms with Gasteiger partial charge in [-0.2, -0.15) is 0 Å². The molecule has 1 aliphatic carbocycles. The number of rotatable bonds is 4. The first kappa shape index (κ1) is 13.1. The quantitative estimate of drug-likeness (QED) is 0.851. The zero-order chi connectivity index (χ0) is 13.0. The molecule has 1 aliphatic rings. The lowest BCUT2D eigenvalue weighted by atomic mass is 9.79. The van der Waals surface area contributed by atoms with Crippen LogP contribution in [0.1, 0.15) is 41.9 Å². The lowest BCUT2D eigenvalue weighted by molar-refractivity contribution is 0.0900. The summed E-state index contributed by atoms with van der Waals surface area (Å²) in [6.45, 7) is 2.58. The van der Waals surface area contributed by atoms with Crippen LogP contribution in [0.15, 0.2) is 10.6 Å². The number of aliphatic hydroxyl groups excluding tert-OH is 1. The lowest BCUT2D eigenvalue weighted by Crippen LogP contribution is -2.35. The molecule has 2 atom stereocenters. The summed E-state index contributed by atoms with van der Waals surface area (Å²) in [5, 5.41) is 15.9. The average molecular weight is 252 g/mol. The summed E-state index contributed by atoms with van der Waals surface area (Å²) in [6.07, 6.45) is 4.49. The van der Waals surface area contributed by atoms with Crippen LogP contribution < -0.4 is 5.32 Å². The van der Waals surface area contributed by atoms with Crippen LogP contribution in [-0.4, -0.2) is 29.3 Å². The van der Waals surface area contributed by atoms with Gasteiger partial charge in [-0.1, -0.05) is 18.0 Å². The molecule has 100 valence electrons. The molecule has 0 aliphatic heterocycles. The van der Waals surface area contributed by atoms with Crippen LogP contribution in [0.4, 0.5) is 0 Å². The maximum atomic E-state index is 11.8. The third-order valence-electron chi connectivity index (χ3n) is 3.69. The number of aromatic nitrogens is 1. The van der Waals surface area contributed by atoms with E-state index in [1.807, 2.05) is 0 Å². The Morgan fingerprint density at radius 3 is 2.83 bits per heavy atom. The second-order valence-corrected chi connectivity index (χ2v) is 5.02. The first-order valence-electron chi connectivity index (χ1n) is 6.53. The SMILES string of the molecule is Cc1cc(C(=O)NCC2CCCCC2CO)no1. The highest BCUT2D eigenvalue weighted by Gasteiger charge is 2.25. The van der Waals surface area contributed by atoms with Crippen LogP contribution in [0.25, 0.3) is 0 Å². The highest BCUT2D eigenvalue weighted by molar-refractivity contribution is 5.92. The van der Waals surface area contributed by atoms with Crippen molar-refractivity contribution in [2.45, 2.75) is 32.6 Å². The molecule has 2 rings (SSSR count).